The Labute approximate surface area is 146 Å². The summed E-state index contributed by atoms with van der Waals surface area (Å²) in [6.07, 6.45) is 3.61. The summed E-state index contributed by atoms with van der Waals surface area (Å²) in [6.45, 7) is 10.8. The van der Waals surface area contributed by atoms with Crippen LogP contribution < -0.4 is 10.6 Å². The molecule has 0 saturated carbocycles. The molecular weight excluding hydrogens is 379 g/mol. The molecule has 2 N–H and O–H groups in total. The summed E-state index contributed by atoms with van der Waals surface area (Å²) in [4.78, 5) is 18.3. The van der Waals surface area contributed by atoms with E-state index in [1.54, 1.807) is 7.05 Å². The van der Waals surface area contributed by atoms with Gasteiger partial charge < -0.3 is 15.5 Å². The number of guanidine groups is 1. The van der Waals surface area contributed by atoms with Crippen molar-refractivity contribution >= 4 is 35.8 Å². The quantitative estimate of drug-likeness (QED) is 0.415. The van der Waals surface area contributed by atoms with Crippen LogP contribution in [-0.4, -0.2) is 49.5 Å². The average molecular weight is 410 g/mol. The molecule has 1 fully saturated rings. The molecule has 1 aliphatic rings. The normalized spacial score (nSPS) is 17.6. The highest BCUT2D eigenvalue weighted by atomic mass is 127. The molecule has 1 heterocycles. The topological polar surface area (TPSA) is 56.7 Å². The summed E-state index contributed by atoms with van der Waals surface area (Å²) >= 11 is 0. The molecule has 0 spiro atoms. The van der Waals surface area contributed by atoms with Crippen molar-refractivity contribution in [3.05, 3.63) is 0 Å². The van der Waals surface area contributed by atoms with Crippen molar-refractivity contribution in [3.63, 3.8) is 0 Å². The van der Waals surface area contributed by atoms with Crippen molar-refractivity contribution in [1.29, 1.82) is 0 Å². The highest BCUT2D eigenvalue weighted by Gasteiger charge is 2.36. The first-order chi connectivity index (χ1) is 9.46. The van der Waals surface area contributed by atoms with Gasteiger partial charge in [-0.15, -0.1) is 24.0 Å². The fourth-order valence-corrected chi connectivity index (χ4v) is 2.81. The number of hydrogen-bond acceptors (Lipinski definition) is 2. The lowest BCUT2D eigenvalue weighted by Crippen LogP contribution is -2.46. The third-order valence-electron chi connectivity index (χ3n) is 4.31. The summed E-state index contributed by atoms with van der Waals surface area (Å²) < 4.78 is 0. The smallest absolute Gasteiger partial charge is 0.239 e. The number of hydrogen-bond donors (Lipinski definition) is 2. The molecule has 21 heavy (non-hydrogen) atoms. The van der Waals surface area contributed by atoms with Crippen LogP contribution in [0.4, 0.5) is 0 Å². The van der Waals surface area contributed by atoms with Gasteiger partial charge in [-0.2, -0.15) is 0 Å². The second-order valence-electron chi connectivity index (χ2n) is 6.00. The van der Waals surface area contributed by atoms with Gasteiger partial charge in [-0.25, -0.2) is 0 Å². The molecule has 1 aliphatic heterocycles. The van der Waals surface area contributed by atoms with Crippen LogP contribution in [0.3, 0.4) is 0 Å². The van der Waals surface area contributed by atoms with E-state index in [2.05, 4.69) is 34.4 Å². The summed E-state index contributed by atoms with van der Waals surface area (Å²) in [5.41, 5.74) is 0.414. The predicted octanol–water partition coefficient (Wildman–Crippen LogP) is 2.22. The number of nitrogens with one attached hydrogen (secondary N) is 2. The van der Waals surface area contributed by atoms with Crippen molar-refractivity contribution in [2.75, 3.05) is 26.7 Å². The largest absolute Gasteiger partial charge is 0.352 e. The fraction of sp³-hybridized carbons (Fsp3) is 0.867. The third-order valence-corrected chi connectivity index (χ3v) is 4.31. The molecule has 0 bridgehead atoms. The predicted molar refractivity (Wildman–Crippen MR) is 99.3 cm³/mol. The molecule has 0 aromatic heterocycles. The second-order valence-corrected chi connectivity index (χ2v) is 6.00. The lowest BCUT2D eigenvalue weighted by Gasteiger charge is -2.27. The summed E-state index contributed by atoms with van der Waals surface area (Å²) in [5.74, 6) is 0.852. The number of likely N-dealkylation sites (tertiary alicyclic amines) is 1. The first kappa shape index (κ1) is 20.5. The minimum Gasteiger partial charge on any atom is -0.352 e. The molecule has 0 aromatic carbocycles. The van der Waals surface area contributed by atoms with E-state index >= 15 is 0 Å². The van der Waals surface area contributed by atoms with Crippen molar-refractivity contribution in [1.82, 2.24) is 15.5 Å². The minimum atomic E-state index is 0. The molecule has 0 radical (unpaired) electrons. The van der Waals surface area contributed by atoms with Crippen molar-refractivity contribution < 1.29 is 4.79 Å². The molecule has 1 amide bonds. The summed E-state index contributed by atoms with van der Waals surface area (Å²) in [7, 11) is 1.78. The fourth-order valence-electron chi connectivity index (χ4n) is 2.81. The van der Waals surface area contributed by atoms with Gasteiger partial charge in [-0.1, -0.05) is 13.8 Å². The van der Waals surface area contributed by atoms with Gasteiger partial charge in [0.2, 0.25) is 5.91 Å². The standard InChI is InChI=1S/C15H30N4O.HI/c1-6-15(7-2)8-9-19(11-15)14(16-5)17-10-13(20)18-12(3)4;/h12H,6-11H2,1-5H3,(H,16,17)(H,18,20);1H. The lowest BCUT2D eigenvalue weighted by atomic mass is 9.82. The number of amides is 1. The van der Waals surface area contributed by atoms with Crippen LogP contribution in [0.1, 0.15) is 47.0 Å². The lowest BCUT2D eigenvalue weighted by molar-refractivity contribution is -0.120. The van der Waals surface area contributed by atoms with Crippen molar-refractivity contribution in [2.24, 2.45) is 10.4 Å². The Balaban J connectivity index is 0.00000400. The van der Waals surface area contributed by atoms with Crippen LogP contribution in [0, 0.1) is 5.41 Å². The van der Waals surface area contributed by atoms with E-state index in [1.807, 2.05) is 13.8 Å². The Bertz CT molecular complexity index is 354. The zero-order chi connectivity index (χ0) is 15.2. The molecule has 0 unspecified atom stereocenters. The highest BCUT2D eigenvalue weighted by Crippen LogP contribution is 2.36. The molecule has 0 aromatic rings. The first-order valence-corrected chi connectivity index (χ1v) is 7.71. The Morgan fingerprint density at radius 2 is 1.95 bits per heavy atom. The first-order valence-electron chi connectivity index (χ1n) is 7.71. The molecular formula is C15H31IN4O. The molecule has 1 rings (SSSR count). The molecule has 0 aliphatic carbocycles. The SMILES string of the molecule is CCC1(CC)CCN(C(=NC)NCC(=O)NC(C)C)C1.I. The van der Waals surface area contributed by atoms with Gasteiger partial charge in [0.1, 0.15) is 0 Å². The van der Waals surface area contributed by atoms with E-state index in [9.17, 15) is 4.79 Å². The van der Waals surface area contributed by atoms with Gasteiger partial charge in [0, 0.05) is 26.2 Å². The Kier molecular flexibility index (Phi) is 9.24. The molecule has 5 nitrogen and oxygen atoms in total. The van der Waals surface area contributed by atoms with E-state index in [-0.39, 0.29) is 42.5 Å². The van der Waals surface area contributed by atoms with Crippen LogP contribution in [0.25, 0.3) is 0 Å². The number of carbonyl (C=O) groups excluding carboxylic acids is 1. The van der Waals surface area contributed by atoms with Gasteiger partial charge in [0.05, 0.1) is 6.54 Å². The maximum atomic E-state index is 11.7. The monoisotopic (exact) mass is 410 g/mol. The number of nitrogens with zero attached hydrogens (tertiary/aromatic N) is 2. The van der Waals surface area contributed by atoms with Crippen LogP contribution in [0.15, 0.2) is 4.99 Å². The Morgan fingerprint density at radius 3 is 2.38 bits per heavy atom. The second kappa shape index (κ2) is 9.48. The Morgan fingerprint density at radius 1 is 1.33 bits per heavy atom. The average Bonchev–Trinajstić information content (AvgIpc) is 2.84. The Hall–Kier alpha value is -0.530. The van der Waals surface area contributed by atoms with Gasteiger partial charge in [0.25, 0.3) is 0 Å². The van der Waals surface area contributed by atoms with Crippen LogP contribution in [-0.2, 0) is 4.79 Å². The van der Waals surface area contributed by atoms with Crippen molar-refractivity contribution in [2.45, 2.75) is 53.0 Å². The van der Waals surface area contributed by atoms with E-state index < -0.39 is 0 Å². The van der Waals surface area contributed by atoms with Gasteiger partial charge in [-0.05, 0) is 38.5 Å². The number of carbonyl (C=O) groups is 1. The van der Waals surface area contributed by atoms with E-state index in [0.29, 0.717) is 5.41 Å². The summed E-state index contributed by atoms with van der Waals surface area (Å²) in [6, 6.07) is 0.172. The molecule has 0 atom stereocenters. The third kappa shape index (κ3) is 6.00. The molecule has 6 heteroatoms. The zero-order valence-electron chi connectivity index (χ0n) is 14.0. The maximum absolute atomic E-state index is 11.7. The van der Waals surface area contributed by atoms with Gasteiger partial charge in [-0.3, -0.25) is 9.79 Å². The van der Waals surface area contributed by atoms with Crippen LogP contribution >= 0.6 is 24.0 Å². The van der Waals surface area contributed by atoms with Crippen LogP contribution in [0.2, 0.25) is 0 Å². The number of aliphatic imine (C=N–C) groups is 1. The minimum absolute atomic E-state index is 0. The van der Waals surface area contributed by atoms with Crippen molar-refractivity contribution in [3.8, 4) is 0 Å². The summed E-state index contributed by atoms with van der Waals surface area (Å²) in [5, 5.41) is 6.04. The van der Waals surface area contributed by atoms with E-state index in [0.717, 1.165) is 19.0 Å². The van der Waals surface area contributed by atoms with E-state index in [4.69, 9.17) is 0 Å². The van der Waals surface area contributed by atoms with Crippen LogP contribution in [0.5, 0.6) is 0 Å². The molecule has 1 saturated heterocycles. The zero-order valence-corrected chi connectivity index (χ0v) is 16.4. The maximum Gasteiger partial charge on any atom is 0.239 e. The van der Waals surface area contributed by atoms with Gasteiger partial charge >= 0.3 is 0 Å². The highest BCUT2D eigenvalue weighted by molar-refractivity contribution is 14.0. The van der Waals surface area contributed by atoms with E-state index in [1.165, 1.54) is 19.3 Å². The molecule has 124 valence electrons. The number of halogens is 1. The number of rotatable bonds is 5. The van der Waals surface area contributed by atoms with Gasteiger partial charge in [0.15, 0.2) is 5.96 Å².